The predicted octanol–water partition coefficient (Wildman–Crippen LogP) is 2.83. The summed E-state index contributed by atoms with van der Waals surface area (Å²) in [6, 6.07) is 4.76. The van der Waals surface area contributed by atoms with Crippen LogP contribution >= 0.6 is 11.3 Å². The summed E-state index contributed by atoms with van der Waals surface area (Å²) >= 11 is 1.67. The van der Waals surface area contributed by atoms with Gasteiger partial charge in [0.1, 0.15) is 0 Å². The number of rotatable bonds is 4. The molecule has 1 atom stereocenters. The molecule has 0 saturated carbocycles. The lowest BCUT2D eigenvalue weighted by atomic mass is 10.2. The first-order valence-electron chi connectivity index (χ1n) is 5.89. The maximum absolute atomic E-state index is 10.4. The number of aliphatic carboxylic acids is 1. The molecule has 1 N–H and O–H groups in total. The molecule has 92 valence electrons. The lowest BCUT2D eigenvalue weighted by Gasteiger charge is -2.19. The van der Waals surface area contributed by atoms with Crippen molar-refractivity contribution in [2.24, 2.45) is 0 Å². The van der Waals surface area contributed by atoms with Crippen LogP contribution in [-0.4, -0.2) is 28.6 Å². The lowest BCUT2D eigenvalue weighted by Crippen LogP contribution is -2.25. The number of thiophene rings is 1. The molecule has 1 saturated heterocycles. The van der Waals surface area contributed by atoms with Gasteiger partial charge in [-0.1, -0.05) is 0 Å². The first-order chi connectivity index (χ1) is 8.15. The van der Waals surface area contributed by atoms with Crippen molar-refractivity contribution in [2.45, 2.75) is 32.4 Å². The van der Waals surface area contributed by atoms with Gasteiger partial charge in [-0.15, -0.1) is 11.3 Å². The number of hydrogen-bond acceptors (Lipinski definition) is 3. The van der Waals surface area contributed by atoms with Gasteiger partial charge in [-0.05, 0) is 44.5 Å². The molecule has 1 aromatic heterocycles. The molecule has 1 aliphatic rings. The Labute approximate surface area is 105 Å². The third-order valence-electron chi connectivity index (χ3n) is 3.12. The Balaban J connectivity index is 1.96. The molecule has 0 aliphatic carbocycles. The molecule has 0 aromatic carbocycles. The molecule has 0 bridgehead atoms. The molecule has 17 heavy (non-hydrogen) atoms. The van der Waals surface area contributed by atoms with Crippen molar-refractivity contribution in [3.63, 3.8) is 0 Å². The highest BCUT2D eigenvalue weighted by Crippen LogP contribution is 2.24. The molecule has 2 rings (SSSR count). The molecule has 2 heterocycles. The highest BCUT2D eigenvalue weighted by molar-refractivity contribution is 7.12. The molecule has 1 aromatic rings. The van der Waals surface area contributed by atoms with E-state index in [0.717, 1.165) is 11.4 Å². The van der Waals surface area contributed by atoms with Crippen LogP contribution in [0.1, 0.15) is 29.5 Å². The van der Waals surface area contributed by atoms with Crippen LogP contribution in [0.5, 0.6) is 0 Å². The number of carboxylic acid groups (broad SMARTS) is 1. The molecule has 0 amide bonds. The first kappa shape index (κ1) is 12.3. The summed E-state index contributed by atoms with van der Waals surface area (Å²) in [5.74, 6) is -0.895. The number of likely N-dealkylation sites (tertiary alicyclic amines) is 1. The zero-order valence-corrected chi connectivity index (χ0v) is 10.7. The number of carboxylic acids is 1. The number of nitrogens with zero attached hydrogens (tertiary/aromatic N) is 1. The van der Waals surface area contributed by atoms with Gasteiger partial charge < -0.3 is 5.11 Å². The maximum Gasteiger partial charge on any atom is 0.328 e. The van der Waals surface area contributed by atoms with Gasteiger partial charge in [0.2, 0.25) is 0 Å². The smallest absolute Gasteiger partial charge is 0.328 e. The zero-order valence-electron chi connectivity index (χ0n) is 9.93. The molecule has 1 unspecified atom stereocenters. The maximum atomic E-state index is 10.4. The number of hydrogen-bond donors (Lipinski definition) is 1. The van der Waals surface area contributed by atoms with Crippen molar-refractivity contribution < 1.29 is 9.90 Å². The van der Waals surface area contributed by atoms with E-state index in [1.54, 1.807) is 17.4 Å². The third-order valence-corrected chi connectivity index (χ3v) is 4.16. The molecular weight excluding hydrogens is 234 g/mol. The Morgan fingerprint density at radius 3 is 3.12 bits per heavy atom. The van der Waals surface area contributed by atoms with E-state index in [1.807, 2.05) is 6.07 Å². The van der Waals surface area contributed by atoms with E-state index in [2.05, 4.69) is 17.9 Å². The Bertz CT molecular complexity index is 425. The molecular formula is C13H17NO2S. The van der Waals surface area contributed by atoms with Gasteiger partial charge in [-0.25, -0.2) is 4.79 Å². The normalized spacial score (nSPS) is 21.4. The lowest BCUT2D eigenvalue weighted by molar-refractivity contribution is -0.131. The molecule has 3 nitrogen and oxygen atoms in total. The number of carbonyl (C=O) groups is 1. The van der Waals surface area contributed by atoms with Crippen LogP contribution < -0.4 is 0 Å². The summed E-state index contributed by atoms with van der Waals surface area (Å²) in [4.78, 5) is 15.2. The van der Waals surface area contributed by atoms with Crippen LogP contribution in [0.4, 0.5) is 0 Å². The van der Waals surface area contributed by atoms with Gasteiger partial charge in [0.15, 0.2) is 0 Å². The second-order valence-electron chi connectivity index (χ2n) is 4.44. The van der Waals surface area contributed by atoms with E-state index >= 15 is 0 Å². The van der Waals surface area contributed by atoms with Crippen LogP contribution in [0.25, 0.3) is 6.08 Å². The summed E-state index contributed by atoms with van der Waals surface area (Å²) in [6.07, 6.45) is 5.42. The second kappa shape index (κ2) is 5.47. The molecule has 1 aliphatic heterocycles. The van der Waals surface area contributed by atoms with Crippen molar-refractivity contribution in [1.82, 2.24) is 4.90 Å². The van der Waals surface area contributed by atoms with Gasteiger partial charge in [0.05, 0.1) is 0 Å². The highest BCUT2D eigenvalue weighted by Gasteiger charge is 2.20. The quantitative estimate of drug-likeness (QED) is 0.837. The van der Waals surface area contributed by atoms with Gasteiger partial charge in [-0.2, -0.15) is 0 Å². The summed E-state index contributed by atoms with van der Waals surface area (Å²) in [5.41, 5.74) is 0. The topological polar surface area (TPSA) is 40.5 Å². The zero-order chi connectivity index (χ0) is 12.3. The summed E-state index contributed by atoms with van der Waals surface area (Å²) in [7, 11) is 0. The summed E-state index contributed by atoms with van der Waals surface area (Å²) < 4.78 is 0. The molecule has 0 radical (unpaired) electrons. The van der Waals surface area contributed by atoms with Crippen molar-refractivity contribution >= 4 is 23.4 Å². The van der Waals surface area contributed by atoms with Gasteiger partial charge in [0, 0.05) is 28.4 Å². The Kier molecular flexibility index (Phi) is 3.97. The average molecular weight is 251 g/mol. The minimum Gasteiger partial charge on any atom is -0.478 e. The van der Waals surface area contributed by atoms with E-state index < -0.39 is 5.97 Å². The Morgan fingerprint density at radius 1 is 1.65 bits per heavy atom. The Hall–Kier alpha value is -1.13. The van der Waals surface area contributed by atoms with Crippen molar-refractivity contribution in [1.29, 1.82) is 0 Å². The van der Waals surface area contributed by atoms with E-state index in [0.29, 0.717) is 6.04 Å². The first-order valence-corrected chi connectivity index (χ1v) is 6.70. The molecule has 0 spiro atoms. The largest absolute Gasteiger partial charge is 0.478 e. The minimum absolute atomic E-state index is 0.676. The SMILES string of the molecule is CC1CCCN1Cc1ccc(C=CC(=O)O)s1. The van der Waals surface area contributed by atoms with Crippen LogP contribution in [-0.2, 0) is 11.3 Å². The van der Waals surface area contributed by atoms with Crippen LogP contribution in [0, 0.1) is 0 Å². The highest BCUT2D eigenvalue weighted by atomic mass is 32.1. The van der Waals surface area contributed by atoms with Crippen molar-refractivity contribution in [2.75, 3.05) is 6.54 Å². The Morgan fingerprint density at radius 2 is 2.47 bits per heavy atom. The van der Waals surface area contributed by atoms with Gasteiger partial charge in [-0.3, -0.25) is 4.90 Å². The average Bonchev–Trinajstić information content (AvgIpc) is 2.87. The van der Waals surface area contributed by atoms with Crippen molar-refractivity contribution in [3.8, 4) is 0 Å². The van der Waals surface area contributed by atoms with E-state index in [1.165, 1.54) is 30.3 Å². The van der Waals surface area contributed by atoms with Crippen LogP contribution in [0.15, 0.2) is 18.2 Å². The van der Waals surface area contributed by atoms with Gasteiger partial charge in [0.25, 0.3) is 0 Å². The van der Waals surface area contributed by atoms with E-state index in [4.69, 9.17) is 5.11 Å². The van der Waals surface area contributed by atoms with Crippen LogP contribution in [0.2, 0.25) is 0 Å². The van der Waals surface area contributed by atoms with Crippen molar-refractivity contribution in [3.05, 3.63) is 28.0 Å². The fourth-order valence-corrected chi connectivity index (χ4v) is 3.09. The fraction of sp³-hybridized carbons (Fsp3) is 0.462. The van der Waals surface area contributed by atoms with Crippen LogP contribution in [0.3, 0.4) is 0 Å². The second-order valence-corrected chi connectivity index (χ2v) is 5.64. The van der Waals surface area contributed by atoms with E-state index in [9.17, 15) is 4.79 Å². The third kappa shape index (κ3) is 3.41. The molecule has 1 fully saturated rings. The summed E-state index contributed by atoms with van der Waals surface area (Å²) in [5, 5.41) is 8.56. The predicted molar refractivity (Wildman–Crippen MR) is 70.1 cm³/mol. The minimum atomic E-state index is -0.895. The summed E-state index contributed by atoms with van der Waals surface area (Å²) in [6.45, 7) is 4.44. The van der Waals surface area contributed by atoms with Gasteiger partial charge >= 0.3 is 5.97 Å². The standard InChI is InChI=1S/C13H17NO2S/c1-10-3-2-8-14(10)9-12-5-4-11(17-12)6-7-13(15)16/h4-7,10H,2-3,8-9H2,1H3,(H,15,16). The molecule has 4 heteroatoms. The van der Waals surface area contributed by atoms with E-state index in [-0.39, 0.29) is 0 Å². The fourth-order valence-electron chi connectivity index (χ4n) is 2.15. The monoisotopic (exact) mass is 251 g/mol.